The lowest BCUT2D eigenvalue weighted by atomic mass is 10.1. The molecule has 0 aliphatic heterocycles. The summed E-state index contributed by atoms with van der Waals surface area (Å²) in [5, 5.41) is 19.0. The van der Waals surface area contributed by atoms with Crippen LogP contribution in [0.15, 0.2) is 6.20 Å². The minimum atomic E-state index is -1.79. The Bertz CT molecular complexity index is 401. The lowest BCUT2D eigenvalue weighted by Crippen LogP contribution is -2.30. The Kier molecular flexibility index (Phi) is 3.99. The predicted molar refractivity (Wildman–Crippen MR) is 54.4 cm³/mol. The fraction of sp³-hybridized carbons (Fsp3) is 0.375. The molecular weight excluding hydrogens is 238 g/mol. The van der Waals surface area contributed by atoms with Crippen LogP contribution in [0.25, 0.3) is 0 Å². The Balaban J connectivity index is 2.99. The van der Waals surface area contributed by atoms with Crippen molar-refractivity contribution in [3.63, 3.8) is 0 Å². The first-order valence-corrected chi connectivity index (χ1v) is 4.57. The third-order valence-electron chi connectivity index (χ3n) is 1.82. The Hall–Kier alpha value is -1.44. The first-order chi connectivity index (χ1) is 7.47. The second kappa shape index (κ2) is 5.06. The summed E-state index contributed by atoms with van der Waals surface area (Å²) >= 11 is 5.54. The second-order valence-corrected chi connectivity index (χ2v) is 3.26. The van der Waals surface area contributed by atoms with Crippen LogP contribution in [-0.2, 0) is 9.53 Å². The highest BCUT2D eigenvalue weighted by Crippen LogP contribution is 2.21. The number of carbonyl (C=O) groups excluding carboxylic acids is 1. The van der Waals surface area contributed by atoms with Gasteiger partial charge in [0.1, 0.15) is 22.8 Å². The van der Waals surface area contributed by atoms with Gasteiger partial charge in [-0.3, -0.25) is 0 Å². The number of nitrogens with two attached hydrogens (primary N) is 1. The zero-order valence-corrected chi connectivity index (χ0v) is 9.05. The van der Waals surface area contributed by atoms with Crippen molar-refractivity contribution in [2.45, 2.75) is 12.2 Å². The first kappa shape index (κ1) is 12.6. The molecule has 1 heterocycles. The van der Waals surface area contributed by atoms with Crippen LogP contribution >= 0.6 is 11.6 Å². The van der Waals surface area contributed by atoms with Gasteiger partial charge < -0.3 is 20.7 Å². The van der Waals surface area contributed by atoms with Crippen molar-refractivity contribution < 1.29 is 19.7 Å². The van der Waals surface area contributed by atoms with E-state index in [1.165, 1.54) is 6.20 Å². The van der Waals surface area contributed by atoms with Gasteiger partial charge in [-0.2, -0.15) is 0 Å². The molecule has 8 heteroatoms. The third kappa shape index (κ3) is 2.57. The van der Waals surface area contributed by atoms with Crippen LogP contribution in [0.1, 0.15) is 11.8 Å². The molecule has 16 heavy (non-hydrogen) atoms. The number of methoxy groups -OCH3 is 1. The number of halogens is 1. The summed E-state index contributed by atoms with van der Waals surface area (Å²) in [5.41, 5.74) is 5.24. The van der Waals surface area contributed by atoms with Crippen molar-refractivity contribution >= 4 is 23.4 Å². The van der Waals surface area contributed by atoms with Gasteiger partial charge in [0.15, 0.2) is 6.10 Å². The normalized spacial score (nSPS) is 14.2. The van der Waals surface area contributed by atoms with Crippen LogP contribution in [-0.4, -0.2) is 39.4 Å². The number of aromatic nitrogens is 2. The van der Waals surface area contributed by atoms with Crippen LogP contribution in [0.3, 0.4) is 0 Å². The van der Waals surface area contributed by atoms with E-state index in [1.807, 2.05) is 0 Å². The molecule has 0 saturated carbocycles. The second-order valence-electron chi connectivity index (χ2n) is 2.88. The summed E-state index contributed by atoms with van der Waals surface area (Å²) in [4.78, 5) is 18.3. The Morgan fingerprint density at radius 2 is 2.25 bits per heavy atom. The number of ether oxygens (including phenoxy) is 1. The van der Waals surface area contributed by atoms with E-state index in [9.17, 15) is 15.0 Å². The topological polar surface area (TPSA) is 119 Å². The minimum Gasteiger partial charge on any atom is -0.467 e. The monoisotopic (exact) mass is 247 g/mol. The average Bonchev–Trinajstić information content (AvgIpc) is 2.29. The Morgan fingerprint density at radius 3 is 2.81 bits per heavy atom. The molecule has 4 N–H and O–H groups in total. The minimum absolute atomic E-state index is 0.0136. The lowest BCUT2D eigenvalue weighted by molar-refractivity contribution is -0.157. The van der Waals surface area contributed by atoms with Crippen molar-refractivity contribution in [3.05, 3.63) is 17.0 Å². The number of rotatable bonds is 3. The number of aliphatic hydroxyl groups is 2. The number of nitrogens with zero attached hydrogens (tertiary/aromatic N) is 2. The number of anilines is 1. The maximum absolute atomic E-state index is 11.0. The van der Waals surface area contributed by atoms with E-state index < -0.39 is 18.2 Å². The molecule has 0 amide bonds. The van der Waals surface area contributed by atoms with Gasteiger partial charge in [-0.15, -0.1) is 0 Å². The fourth-order valence-electron chi connectivity index (χ4n) is 1.01. The van der Waals surface area contributed by atoms with E-state index in [-0.39, 0.29) is 16.7 Å². The highest BCUT2D eigenvalue weighted by molar-refractivity contribution is 6.29. The van der Waals surface area contributed by atoms with Crippen molar-refractivity contribution in [3.8, 4) is 0 Å². The quantitative estimate of drug-likeness (QED) is 0.603. The van der Waals surface area contributed by atoms with Crippen molar-refractivity contribution in [1.82, 2.24) is 9.97 Å². The summed E-state index contributed by atoms with van der Waals surface area (Å²) in [6, 6.07) is 0. The molecule has 1 aromatic rings. The molecule has 0 radical (unpaired) electrons. The molecule has 0 aliphatic carbocycles. The van der Waals surface area contributed by atoms with E-state index in [1.54, 1.807) is 0 Å². The van der Waals surface area contributed by atoms with Gasteiger partial charge in [-0.25, -0.2) is 14.8 Å². The summed E-state index contributed by atoms with van der Waals surface area (Å²) < 4.78 is 4.25. The number of nitrogen functional groups attached to an aromatic ring is 1. The van der Waals surface area contributed by atoms with Gasteiger partial charge >= 0.3 is 5.97 Å². The molecular formula is C8H10ClN3O4. The number of carbonyl (C=O) groups is 1. The van der Waals surface area contributed by atoms with Gasteiger partial charge in [-0.05, 0) is 0 Å². The van der Waals surface area contributed by atoms with Crippen LogP contribution in [0.5, 0.6) is 0 Å². The zero-order chi connectivity index (χ0) is 12.3. The molecule has 1 aromatic heterocycles. The van der Waals surface area contributed by atoms with Crippen molar-refractivity contribution in [1.29, 1.82) is 0 Å². The molecule has 0 bridgehead atoms. The zero-order valence-electron chi connectivity index (χ0n) is 8.29. The van der Waals surface area contributed by atoms with E-state index in [2.05, 4.69) is 14.7 Å². The Labute approximate surface area is 95.8 Å². The van der Waals surface area contributed by atoms with Gasteiger partial charge in [0.05, 0.1) is 13.3 Å². The van der Waals surface area contributed by atoms with E-state index in [0.717, 1.165) is 7.11 Å². The number of hydrogen-bond acceptors (Lipinski definition) is 7. The third-order valence-corrected chi connectivity index (χ3v) is 2.00. The molecule has 88 valence electrons. The molecule has 0 fully saturated rings. The van der Waals surface area contributed by atoms with Crippen LogP contribution < -0.4 is 5.73 Å². The van der Waals surface area contributed by atoms with Crippen molar-refractivity contribution in [2.24, 2.45) is 0 Å². The predicted octanol–water partition coefficient (Wildman–Crippen LogP) is -0.720. The number of aliphatic hydroxyl groups excluding tert-OH is 2. The molecule has 2 atom stereocenters. The van der Waals surface area contributed by atoms with Gasteiger partial charge in [0.2, 0.25) is 0 Å². The highest BCUT2D eigenvalue weighted by atomic mass is 35.5. The smallest absolute Gasteiger partial charge is 0.337 e. The molecule has 0 saturated heterocycles. The largest absolute Gasteiger partial charge is 0.467 e. The summed E-state index contributed by atoms with van der Waals surface area (Å²) in [5.74, 6) is -1.13. The molecule has 0 aliphatic rings. The maximum Gasteiger partial charge on any atom is 0.337 e. The molecule has 0 aromatic carbocycles. The molecule has 1 rings (SSSR count). The molecule has 2 unspecified atom stereocenters. The molecule has 7 nitrogen and oxygen atoms in total. The maximum atomic E-state index is 11.0. The number of hydrogen-bond donors (Lipinski definition) is 3. The van der Waals surface area contributed by atoms with Crippen LogP contribution in [0, 0.1) is 0 Å². The summed E-state index contributed by atoms with van der Waals surface area (Å²) in [7, 11) is 1.07. The van der Waals surface area contributed by atoms with Gasteiger partial charge in [-0.1, -0.05) is 11.6 Å². The standard InChI is InChI=1S/C8H10ClN3O4/c1-16-8(15)6(14)5(13)4-7(10)11-2-3(9)12-4/h2,5-6,13-14H,1H3,(H2,10,11). The average molecular weight is 248 g/mol. The summed E-state index contributed by atoms with van der Waals surface area (Å²) in [6.07, 6.45) is -2.25. The SMILES string of the molecule is COC(=O)C(O)C(O)c1nc(Cl)cnc1N. The number of esters is 1. The van der Waals surface area contributed by atoms with Crippen LogP contribution in [0.2, 0.25) is 5.15 Å². The van der Waals surface area contributed by atoms with Gasteiger partial charge in [0, 0.05) is 0 Å². The summed E-state index contributed by atoms with van der Waals surface area (Å²) in [6.45, 7) is 0. The van der Waals surface area contributed by atoms with E-state index in [4.69, 9.17) is 17.3 Å². The van der Waals surface area contributed by atoms with Crippen molar-refractivity contribution in [2.75, 3.05) is 12.8 Å². The highest BCUT2D eigenvalue weighted by Gasteiger charge is 2.29. The van der Waals surface area contributed by atoms with E-state index >= 15 is 0 Å². The molecule has 0 spiro atoms. The fourth-order valence-corrected chi connectivity index (χ4v) is 1.15. The lowest BCUT2D eigenvalue weighted by Gasteiger charge is -2.16. The van der Waals surface area contributed by atoms with Gasteiger partial charge in [0.25, 0.3) is 0 Å². The van der Waals surface area contributed by atoms with Crippen LogP contribution in [0.4, 0.5) is 5.82 Å². The Morgan fingerprint density at radius 1 is 1.62 bits per heavy atom. The van der Waals surface area contributed by atoms with E-state index in [0.29, 0.717) is 0 Å². The first-order valence-electron chi connectivity index (χ1n) is 4.19.